The highest BCUT2D eigenvalue weighted by molar-refractivity contribution is 7.03. The highest BCUT2D eigenvalue weighted by Gasteiger charge is 2.48. The van der Waals surface area contributed by atoms with Crippen LogP contribution in [0.3, 0.4) is 0 Å². The van der Waals surface area contributed by atoms with Crippen molar-refractivity contribution in [3.05, 3.63) is 11.1 Å². The first-order valence-electron chi connectivity index (χ1n) is 6.59. The maximum Gasteiger partial charge on any atom is 0.275 e. The van der Waals surface area contributed by atoms with Crippen molar-refractivity contribution in [2.24, 2.45) is 0 Å². The van der Waals surface area contributed by atoms with Gasteiger partial charge in [-0.1, -0.05) is 4.49 Å². The van der Waals surface area contributed by atoms with Gasteiger partial charge in [-0.25, -0.2) is 0 Å². The van der Waals surface area contributed by atoms with Gasteiger partial charge in [-0.3, -0.25) is 9.59 Å². The molecule has 0 bridgehead atoms. The van der Waals surface area contributed by atoms with Crippen LogP contribution >= 0.6 is 11.5 Å². The van der Waals surface area contributed by atoms with Gasteiger partial charge < -0.3 is 14.5 Å². The number of rotatable bonds is 4. The van der Waals surface area contributed by atoms with Gasteiger partial charge in [0.25, 0.3) is 5.91 Å². The van der Waals surface area contributed by atoms with E-state index in [-0.39, 0.29) is 23.9 Å². The lowest BCUT2D eigenvalue weighted by Crippen LogP contribution is -2.40. The van der Waals surface area contributed by atoms with E-state index in [1.54, 1.807) is 17.4 Å². The van der Waals surface area contributed by atoms with Gasteiger partial charge in [0.15, 0.2) is 5.69 Å². The SMILES string of the molecule is COCCN1C(=O)CC2C1CCN2C(=O)c1csnn1. The Morgan fingerprint density at radius 2 is 2.40 bits per heavy atom. The third-order valence-electron chi connectivity index (χ3n) is 3.99. The standard InChI is InChI=1S/C12H16N4O3S/c1-19-5-4-15-9-2-3-16(10(9)6-11(15)17)12(18)8-7-20-14-13-8/h7,9-10H,2-6H2,1H3. The average Bonchev–Trinajstić information content (AvgIpc) is 3.12. The zero-order valence-corrected chi connectivity index (χ0v) is 12.0. The van der Waals surface area contributed by atoms with Crippen molar-refractivity contribution in [3.63, 3.8) is 0 Å². The zero-order valence-electron chi connectivity index (χ0n) is 11.2. The Kier molecular flexibility index (Phi) is 3.66. The van der Waals surface area contributed by atoms with E-state index < -0.39 is 0 Å². The fourth-order valence-corrected chi connectivity index (χ4v) is 3.50. The Hall–Kier alpha value is -1.54. The number of nitrogens with zero attached hydrogens (tertiary/aromatic N) is 4. The van der Waals surface area contributed by atoms with Crippen molar-refractivity contribution in [3.8, 4) is 0 Å². The topological polar surface area (TPSA) is 75.6 Å². The van der Waals surface area contributed by atoms with Crippen molar-refractivity contribution < 1.29 is 14.3 Å². The van der Waals surface area contributed by atoms with E-state index in [4.69, 9.17) is 4.74 Å². The van der Waals surface area contributed by atoms with Crippen LogP contribution in [0.25, 0.3) is 0 Å². The third-order valence-corrected chi connectivity index (χ3v) is 4.50. The summed E-state index contributed by atoms with van der Waals surface area (Å²) in [5, 5.41) is 5.47. The summed E-state index contributed by atoms with van der Waals surface area (Å²) in [6.07, 6.45) is 1.22. The number of carbonyl (C=O) groups is 2. The number of aromatic nitrogens is 2. The minimum Gasteiger partial charge on any atom is -0.383 e. The maximum atomic E-state index is 12.4. The van der Waals surface area contributed by atoms with Gasteiger partial charge in [0, 0.05) is 32.0 Å². The van der Waals surface area contributed by atoms with Crippen molar-refractivity contribution in [2.75, 3.05) is 26.8 Å². The largest absolute Gasteiger partial charge is 0.383 e. The second-order valence-corrected chi connectivity index (χ2v) is 5.61. The monoisotopic (exact) mass is 296 g/mol. The van der Waals surface area contributed by atoms with Crippen LogP contribution in [-0.2, 0) is 9.53 Å². The number of likely N-dealkylation sites (tertiary alicyclic amines) is 2. The molecule has 0 spiro atoms. The molecule has 2 fully saturated rings. The first-order chi connectivity index (χ1) is 9.72. The quantitative estimate of drug-likeness (QED) is 0.782. The van der Waals surface area contributed by atoms with Gasteiger partial charge in [-0.2, -0.15) is 0 Å². The normalized spacial score (nSPS) is 25.4. The number of ether oxygens (including phenoxy) is 1. The summed E-state index contributed by atoms with van der Waals surface area (Å²) in [5.74, 6) is -0.0152. The molecule has 3 rings (SSSR count). The summed E-state index contributed by atoms with van der Waals surface area (Å²) < 4.78 is 8.76. The van der Waals surface area contributed by atoms with E-state index >= 15 is 0 Å². The number of fused-ring (bicyclic) bond motifs is 1. The first kappa shape index (κ1) is 13.4. The molecule has 2 amide bonds. The molecule has 0 N–H and O–H groups in total. The summed E-state index contributed by atoms with van der Waals surface area (Å²) in [7, 11) is 1.62. The summed E-state index contributed by atoms with van der Waals surface area (Å²) in [6, 6.07) is 0.0850. The Morgan fingerprint density at radius 3 is 3.10 bits per heavy atom. The van der Waals surface area contributed by atoms with Crippen molar-refractivity contribution in [2.45, 2.75) is 24.9 Å². The van der Waals surface area contributed by atoms with E-state index in [9.17, 15) is 9.59 Å². The molecule has 108 valence electrons. The molecule has 0 aliphatic carbocycles. The molecule has 1 aromatic heterocycles. The molecule has 8 heteroatoms. The summed E-state index contributed by atoms with van der Waals surface area (Å²) in [4.78, 5) is 28.0. The summed E-state index contributed by atoms with van der Waals surface area (Å²) in [6.45, 7) is 1.79. The van der Waals surface area contributed by atoms with E-state index in [1.165, 1.54) is 0 Å². The molecule has 0 aromatic carbocycles. The minimum absolute atomic E-state index is 0.0337. The molecular formula is C12H16N4O3S. The highest BCUT2D eigenvalue weighted by Crippen LogP contribution is 2.33. The summed E-state index contributed by atoms with van der Waals surface area (Å²) in [5.41, 5.74) is 0.374. The van der Waals surface area contributed by atoms with Crippen LogP contribution in [0.4, 0.5) is 0 Å². The van der Waals surface area contributed by atoms with Crippen molar-refractivity contribution >= 4 is 23.3 Å². The van der Waals surface area contributed by atoms with Crippen LogP contribution in [0.15, 0.2) is 5.38 Å². The molecule has 2 atom stereocenters. The average molecular weight is 296 g/mol. The maximum absolute atomic E-state index is 12.4. The van der Waals surface area contributed by atoms with Crippen LogP contribution in [-0.4, -0.2) is 70.1 Å². The molecule has 7 nitrogen and oxygen atoms in total. The zero-order chi connectivity index (χ0) is 14.1. The predicted octanol–water partition coefficient (Wildman–Crippen LogP) is -0.000100. The van der Waals surface area contributed by atoms with Crippen LogP contribution in [0.1, 0.15) is 23.3 Å². The lowest BCUT2D eigenvalue weighted by atomic mass is 10.1. The van der Waals surface area contributed by atoms with E-state index in [1.807, 2.05) is 4.90 Å². The van der Waals surface area contributed by atoms with Gasteiger partial charge in [0.1, 0.15) is 0 Å². The molecule has 3 heterocycles. The fraction of sp³-hybridized carbons (Fsp3) is 0.667. The van der Waals surface area contributed by atoms with Gasteiger partial charge in [-0.15, -0.1) is 5.10 Å². The molecular weight excluding hydrogens is 280 g/mol. The predicted molar refractivity (Wildman–Crippen MR) is 71.3 cm³/mol. The molecule has 1 aromatic rings. The third kappa shape index (κ3) is 2.18. The second-order valence-electron chi connectivity index (χ2n) is 5.00. The first-order valence-corrected chi connectivity index (χ1v) is 7.42. The van der Waals surface area contributed by atoms with Crippen LogP contribution in [0.2, 0.25) is 0 Å². The number of hydrogen-bond donors (Lipinski definition) is 0. The molecule has 2 aliphatic heterocycles. The number of hydrogen-bond acceptors (Lipinski definition) is 6. The van der Waals surface area contributed by atoms with Crippen molar-refractivity contribution in [1.29, 1.82) is 0 Å². The Bertz CT molecular complexity index is 507. The second kappa shape index (κ2) is 5.45. The van der Waals surface area contributed by atoms with E-state index in [0.29, 0.717) is 31.8 Å². The van der Waals surface area contributed by atoms with E-state index in [0.717, 1.165) is 18.0 Å². The lowest BCUT2D eigenvalue weighted by Gasteiger charge is -2.24. The van der Waals surface area contributed by atoms with Gasteiger partial charge >= 0.3 is 0 Å². The van der Waals surface area contributed by atoms with Gasteiger partial charge in [-0.05, 0) is 18.0 Å². The smallest absolute Gasteiger partial charge is 0.275 e. The molecule has 2 unspecified atom stereocenters. The molecule has 0 saturated carbocycles. The van der Waals surface area contributed by atoms with Crippen LogP contribution in [0, 0.1) is 0 Å². The molecule has 0 radical (unpaired) electrons. The lowest BCUT2D eigenvalue weighted by molar-refractivity contribution is -0.129. The van der Waals surface area contributed by atoms with Crippen molar-refractivity contribution in [1.82, 2.24) is 19.4 Å². The Balaban J connectivity index is 1.73. The number of methoxy groups -OCH3 is 1. The number of carbonyl (C=O) groups excluding carboxylic acids is 2. The molecule has 2 aliphatic rings. The molecule has 2 saturated heterocycles. The molecule has 20 heavy (non-hydrogen) atoms. The highest BCUT2D eigenvalue weighted by atomic mass is 32.1. The number of amides is 2. The Morgan fingerprint density at radius 1 is 1.55 bits per heavy atom. The Labute approximate surface area is 120 Å². The minimum atomic E-state index is -0.118. The van der Waals surface area contributed by atoms with Crippen LogP contribution < -0.4 is 0 Å². The van der Waals surface area contributed by atoms with Gasteiger partial charge in [0.05, 0.1) is 18.7 Å². The van der Waals surface area contributed by atoms with Gasteiger partial charge in [0.2, 0.25) is 5.91 Å². The fourth-order valence-electron chi connectivity index (χ4n) is 3.07. The van der Waals surface area contributed by atoms with Crippen LogP contribution in [0.5, 0.6) is 0 Å². The van der Waals surface area contributed by atoms with E-state index in [2.05, 4.69) is 9.59 Å². The summed E-state index contributed by atoms with van der Waals surface area (Å²) >= 11 is 1.16.